The second-order valence-electron chi connectivity index (χ2n) is 7.37. The maximum absolute atomic E-state index is 12.3. The Kier molecular flexibility index (Phi) is 6.72. The monoisotopic (exact) mass is 384 g/mol. The topological polar surface area (TPSA) is 58.1 Å². The molecule has 1 aromatic carbocycles. The Morgan fingerprint density at radius 3 is 2.74 bits per heavy atom. The van der Waals surface area contributed by atoms with Gasteiger partial charge < -0.3 is 10.2 Å². The van der Waals surface area contributed by atoms with Gasteiger partial charge in [-0.3, -0.25) is 4.79 Å². The number of hydrogen-bond donors (Lipinski definition) is 1. The maximum Gasteiger partial charge on any atom is 0.234 e. The van der Waals surface area contributed by atoms with Gasteiger partial charge in [0, 0.05) is 24.3 Å². The Labute approximate surface area is 166 Å². The lowest BCUT2D eigenvalue weighted by atomic mass is 10.0. The van der Waals surface area contributed by atoms with Crippen LogP contribution in [0.5, 0.6) is 0 Å². The smallest absolute Gasteiger partial charge is 0.234 e. The van der Waals surface area contributed by atoms with E-state index >= 15 is 0 Å². The van der Waals surface area contributed by atoms with Crippen molar-refractivity contribution < 1.29 is 4.79 Å². The number of nitrogens with one attached hydrogen (secondary N) is 1. The first kappa shape index (κ1) is 19.7. The molecule has 1 aliphatic rings. The molecule has 1 N–H and O–H groups in total. The van der Waals surface area contributed by atoms with E-state index in [1.807, 2.05) is 18.2 Å². The first-order chi connectivity index (χ1) is 13.0. The maximum atomic E-state index is 12.3. The summed E-state index contributed by atoms with van der Waals surface area (Å²) >= 11 is 1.45. The van der Waals surface area contributed by atoms with Gasteiger partial charge in [-0.1, -0.05) is 37.7 Å². The molecule has 1 aliphatic heterocycles. The van der Waals surface area contributed by atoms with Gasteiger partial charge in [-0.05, 0) is 49.8 Å². The van der Waals surface area contributed by atoms with Crippen molar-refractivity contribution in [3.63, 3.8) is 0 Å². The van der Waals surface area contributed by atoms with Crippen molar-refractivity contribution >= 4 is 29.2 Å². The number of piperidine rings is 1. The summed E-state index contributed by atoms with van der Waals surface area (Å²) in [4.78, 5) is 23.3. The second kappa shape index (κ2) is 9.22. The summed E-state index contributed by atoms with van der Waals surface area (Å²) in [6, 6.07) is 10.5. The van der Waals surface area contributed by atoms with Crippen LogP contribution in [0, 0.1) is 0 Å². The van der Waals surface area contributed by atoms with Crippen molar-refractivity contribution in [2.75, 3.05) is 22.5 Å². The number of benzene rings is 1. The SMILES string of the molecule is CC(C)c1ccc(NC(=O)CSc2cc(N3CCCC[C@H]3C)ncn2)cc1. The van der Waals surface area contributed by atoms with Gasteiger partial charge in [-0.15, -0.1) is 0 Å². The van der Waals surface area contributed by atoms with E-state index in [0.717, 1.165) is 23.1 Å². The van der Waals surface area contributed by atoms with Crippen LogP contribution in [0.4, 0.5) is 11.5 Å². The van der Waals surface area contributed by atoms with Crippen LogP contribution >= 0.6 is 11.8 Å². The third kappa shape index (κ3) is 5.45. The fourth-order valence-electron chi connectivity index (χ4n) is 3.29. The van der Waals surface area contributed by atoms with Crippen molar-refractivity contribution in [2.24, 2.45) is 0 Å². The molecular weight excluding hydrogens is 356 g/mol. The van der Waals surface area contributed by atoms with E-state index in [-0.39, 0.29) is 5.91 Å². The van der Waals surface area contributed by atoms with Crippen LogP contribution in [-0.4, -0.2) is 34.2 Å². The molecule has 0 bridgehead atoms. The van der Waals surface area contributed by atoms with Crippen LogP contribution < -0.4 is 10.2 Å². The van der Waals surface area contributed by atoms with Crippen LogP contribution in [0.15, 0.2) is 41.7 Å². The Morgan fingerprint density at radius 2 is 2.04 bits per heavy atom. The Hall–Kier alpha value is -2.08. The molecule has 2 aromatic rings. The first-order valence-corrected chi connectivity index (χ1v) is 10.6. The molecule has 6 heteroatoms. The van der Waals surface area contributed by atoms with Crippen LogP contribution in [-0.2, 0) is 4.79 Å². The molecular formula is C21H28N4OS. The Bertz CT molecular complexity index is 763. The fraction of sp³-hybridized carbons (Fsp3) is 0.476. The van der Waals surface area contributed by atoms with E-state index in [4.69, 9.17) is 0 Å². The largest absolute Gasteiger partial charge is 0.354 e. The van der Waals surface area contributed by atoms with Crippen molar-refractivity contribution in [1.29, 1.82) is 0 Å². The summed E-state index contributed by atoms with van der Waals surface area (Å²) in [6.07, 6.45) is 5.28. The van der Waals surface area contributed by atoms with E-state index < -0.39 is 0 Å². The number of amides is 1. The van der Waals surface area contributed by atoms with Gasteiger partial charge in [0.2, 0.25) is 5.91 Å². The first-order valence-electron chi connectivity index (χ1n) is 9.64. The molecule has 27 heavy (non-hydrogen) atoms. The second-order valence-corrected chi connectivity index (χ2v) is 8.36. The average molecular weight is 385 g/mol. The molecule has 1 amide bonds. The number of thioether (sulfide) groups is 1. The molecule has 0 saturated carbocycles. The zero-order valence-corrected chi connectivity index (χ0v) is 17.1. The third-order valence-corrected chi connectivity index (χ3v) is 5.86. The zero-order chi connectivity index (χ0) is 19.2. The number of hydrogen-bond acceptors (Lipinski definition) is 5. The number of carbonyl (C=O) groups is 1. The van der Waals surface area contributed by atoms with E-state index in [1.54, 1.807) is 6.33 Å². The number of anilines is 2. The van der Waals surface area contributed by atoms with Gasteiger partial charge in [-0.2, -0.15) is 0 Å². The fourth-order valence-corrected chi connectivity index (χ4v) is 3.95. The molecule has 1 saturated heterocycles. The molecule has 144 valence electrons. The van der Waals surface area contributed by atoms with Gasteiger partial charge in [0.1, 0.15) is 17.2 Å². The van der Waals surface area contributed by atoms with Gasteiger partial charge in [0.25, 0.3) is 0 Å². The van der Waals surface area contributed by atoms with Crippen LogP contribution in [0.3, 0.4) is 0 Å². The number of rotatable bonds is 6. The van der Waals surface area contributed by atoms with E-state index in [1.165, 1.54) is 36.6 Å². The molecule has 5 nitrogen and oxygen atoms in total. The highest BCUT2D eigenvalue weighted by atomic mass is 32.2. The van der Waals surface area contributed by atoms with Crippen molar-refractivity contribution in [3.8, 4) is 0 Å². The summed E-state index contributed by atoms with van der Waals surface area (Å²) in [7, 11) is 0. The van der Waals surface area contributed by atoms with E-state index in [0.29, 0.717) is 17.7 Å². The highest BCUT2D eigenvalue weighted by Crippen LogP contribution is 2.25. The standard InChI is InChI=1S/C21H28N4OS/c1-15(2)17-7-9-18(10-8-17)24-20(26)13-27-21-12-19(22-14-23-21)25-11-5-4-6-16(25)3/h7-10,12,14-16H,4-6,11,13H2,1-3H3,(H,24,26)/t16-/m1/s1. The van der Waals surface area contributed by atoms with Crippen molar-refractivity contribution in [1.82, 2.24) is 9.97 Å². The minimum atomic E-state index is -0.0243. The summed E-state index contributed by atoms with van der Waals surface area (Å²) in [5, 5.41) is 3.79. The summed E-state index contributed by atoms with van der Waals surface area (Å²) in [6.45, 7) is 7.59. The summed E-state index contributed by atoms with van der Waals surface area (Å²) in [5.74, 6) is 1.76. The lowest BCUT2D eigenvalue weighted by Gasteiger charge is -2.34. The molecule has 0 unspecified atom stereocenters. The van der Waals surface area contributed by atoms with Crippen LogP contribution in [0.25, 0.3) is 0 Å². The molecule has 2 heterocycles. The predicted molar refractivity (Wildman–Crippen MR) is 113 cm³/mol. The van der Waals surface area contributed by atoms with E-state index in [9.17, 15) is 4.79 Å². The number of carbonyl (C=O) groups excluding carboxylic acids is 1. The number of aromatic nitrogens is 2. The average Bonchev–Trinajstić information content (AvgIpc) is 2.67. The van der Waals surface area contributed by atoms with Gasteiger partial charge >= 0.3 is 0 Å². The zero-order valence-electron chi connectivity index (χ0n) is 16.3. The van der Waals surface area contributed by atoms with Crippen molar-refractivity contribution in [2.45, 2.75) is 57.0 Å². The molecule has 1 fully saturated rings. The minimum Gasteiger partial charge on any atom is -0.354 e. The highest BCUT2D eigenvalue weighted by molar-refractivity contribution is 7.99. The van der Waals surface area contributed by atoms with Gasteiger partial charge in [0.05, 0.1) is 5.75 Å². The van der Waals surface area contributed by atoms with Gasteiger partial charge in [0.15, 0.2) is 0 Å². The third-order valence-electron chi connectivity index (χ3n) is 4.94. The quantitative estimate of drug-likeness (QED) is 0.577. The molecule has 0 radical (unpaired) electrons. The summed E-state index contributed by atoms with van der Waals surface area (Å²) in [5.41, 5.74) is 2.10. The van der Waals surface area contributed by atoms with Crippen molar-refractivity contribution in [3.05, 3.63) is 42.2 Å². The normalized spacial score (nSPS) is 17.2. The highest BCUT2D eigenvalue weighted by Gasteiger charge is 2.20. The molecule has 3 rings (SSSR count). The Balaban J connectivity index is 1.55. The van der Waals surface area contributed by atoms with Crippen LogP contribution in [0.2, 0.25) is 0 Å². The molecule has 0 aliphatic carbocycles. The Morgan fingerprint density at radius 1 is 1.26 bits per heavy atom. The molecule has 0 spiro atoms. The van der Waals surface area contributed by atoms with Crippen LogP contribution in [0.1, 0.15) is 51.5 Å². The minimum absolute atomic E-state index is 0.0243. The van der Waals surface area contributed by atoms with Gasteiger partial charge in [-0.25, -0.2) is 9.97 Å². The lowest BCUT2D eigenvalue weighted by molar-refractivity contribution is -0.113. The molecule has 1 aromatic heterocycles. The number of nitrogens with zero attached hydrogens (tertiary/aromatic N) is 3. The lowest BCUT2D eigenvalue weighted by Crippen LogP contribution is -2.38. The predicted octanol–water partition coefficient (Wildman–Crippen LogP) is 4.71. The van der Waals surface area contributed by atoms with E-state index in [2.05, 4.69) is 53.1 Å². The molecule has 1 atom stereocenters. The summed E-state index contributed by atoms with van der Waals surface area (Å²) < 4.78 is 0.